The minimum atomic E-state index is 0.0309. The van der Waals surface area contributed by atoms with Gasteiger partial charge in [0.25, 0.3) is 0 Å². The zero-order chi connectivity index (χ0) is 15.0. The van der Waals surface area contributed by atoms with Gasteiger partial charge in [-0.1, -0.05) is 32.1 Å². The summed E-state index contributed by atoms with van der Waals surface area (Å²) in [6.45, 7) is 6.06. The number of carbonyl (C=O) groups excluding carboxylic acids is 1. The molecule has 0 saturated carbocycles. The molecule has 0 aliphatic heterocycles. The van der Waals surface area contributed by atoms with Gasteiger partial charge in [0, 0.05) is 23.6 Å². The molecule has 0 fully saturated rings. The molecule has 20 heavy (non-hydrogen) atoms. The molecule has 0 radical (unpaired) electrons. The Morgan fingerprint density at radius 2 is 2.20 bits per heavy atom. The first-order chi connectivity index (χ1) is 9.58. The van der Waals surface area contributed by atoms with Gasteiger partial charge in [0.1, 0.15) is 0 Å². The van der Waals surface area contributed by atoms with E-state index in [-0.39, 0.29) is 18.4 Å². The van der Waals surface area contributed by atoms with Crippen molar-refractivity contribution in [1.29, 1.82) is 0 Å². The average Bonchev–Trinajstić information content (AvgIpc) is 2.42. The summed E-state index contributed by atoms with van der Waals surface area (Å²) >= 11 is 0. The second-order valence-corrected chi connectivity index (χ2v) is 4.98. The fourth-order valence-electron chi connectivity index (χ4n) is 1.92. The van der Waals surface area contributed by atoms with Gasteiger partial charge in [-0.05, 0) is 37.1 Å². The van der Waals surface area contributed by atoms with E-state index in [1.807, 2.05) is 32.0 Å². The van der Waals surface area contributed by atoms with E-state index in [4.69, 9.17) is 5.11 Å². The minimum Gasteiger partial charge on any atom is -0.395 e. The lowest BCUT2D eigenvalue weighted by Crippen LogP contribution is -2.20. The van der Waals surface area contributed by atoms with Crippen LogP contribution >= 0.6 is 0 Å². The Labute approximate surface area is 121 Å². The first kappa shape index (κ1) is 16.3. The largest absolute Gasteiger partial charge is 0.395 e. The third kappa shape index (κ3) is 5.07. The van der Waals surface area contributed by atoms with Gasteiger partial charge >= 0.3 is 0 Å². The lowest BCUT2D eigenvalue weighted by molar-refractivity contribution is -0.119. The van der Waals surface area contributed by atoms with Crippen LogP contribution in [0.5, 0.6) is 0 Å². The maximum Gasteiger partial charge on any atom is 0.227 e. The maximum absolute atomic E-state index is 12.0. The molecule has 3 nitrogen and oxygen atoms in total. The summed E-state index contributed by atoms with van der Waals surface area (Å²) in [5.74, 6) is 5.97. The SMILES string of the molecule is CCCC(C)C(=O)Nc1ccc(C#CCCO)cc1C. The first-order valence-corrected chi connectivity index (χ1v) is 7.09. The Morgan fingerprint density at radius 1 is 1.45 bits per heavy atom. The number of aryl methyl sites for hydroxylation is 1. The number of hydrogen-bond donors (Lipinski definition) is 2. The van der Waals surface area contributed by atoms with Gasteiger partial charge in [-0.15, -0.1) is 0 Å². The van der Waals surface area contributed by atoms with Crippen LogP contribution in [0.25, 0.3) is 0 Å². The van der Waals surface area contributed by atoms with E-state index < -0.39 is 0 Å². The number of aliphatic hydroxyl groups excluding tert-OH is 1. The highest BCUT2D eigenvalue weighted by Crippen LogP contribution is 2.18. The van der Waals surface area contributed by atoms with Crippen molar-refractivity contribution < 1.29 is 9.90 Å². The first-order valence-electron chi connectivity index (χ1n) is 7.09. The zero-order valence-electron chi connectivity index (χ0n) is 12.5. The molecule has 1 rings (SSSR count). The van der Waals surface area contributed by atoms with Crippen molar-refractivity contribution in [2.45, 2.75) is 40.0 Å². The molecular weight excluding hydrogens is 250 g/mol. The molecule has 0 saturated heterocycles. The number of amides is 1. The van der Waals surface area contributed by atoms with Crippen molar-refractivity contribution in [3.63, 3.8) is 0 Å². The van der Waals surface area contributed by atoms with Gasteiger partial charge in [-0.2, -0.15) is 0 Å². The lowest BCUT2D eigenvalue weighted by atomic mass is 10.0. The molecule has 0 heterocycles. The van der Waals surface area contributed by atoms with E-state index in [1.165, 1.54) is 0 Å². The van der Waals surface area contributed by atoms with Gasteiger partial charge < -0.3 is 10.4 Å². The van der Waals surface area contributed by atoms with Crippen LogP contribution in [0.1, 0.15) is 44.2 Å². The highest BCUT2D eigenvalue weighted by Gasteiger charge is 2.12. The van der Waals surface area contributed by atoms with Crippen molar-refractivity contribution in [2.75, 3.05) is 11.9 Å². The molecule has 1 unspecified atom stereocenters. The van der Waals surface area contributed by atoms with Crippen molar-refractivity contribution >= 4 is 11.6 Å². The van der Waals surface area contributed by atoms with E-state index in [1.54, 1.807) is 0 Å². The molecular formula is C17H23NO2. The monoisotopic (exact) mass is 273 g/mol. The summed E-state index contributed by atoms with van der Waals surface area (Å²) in [5.41, 5.74) is 2.74. The van der Waals surface area contributed by atoms with E-state index in [0.29, 0.717) is 6.42 Å². The molecule has 108 valence electrons. The van der Waals surface area contributed by atoms with Crippen LogP contribution in [0.15, 0.2) is 18.2 Å². The molecule has 1 aromatic rings. The maximum atomic E-state index is 12.0. The summed E-state index contributed by atoms with van der Waals surface area (Å²) in [7, 11) is 0. The molecule has 0 aliphatic carbocycles. The van der Waals surface area contributed by atoms with E-state index >= 15 is 0 Å². The van der Waals surface area contributed by atoms with Gasteiger partial charge in [0.05, 0.1) is 6.61 Å². The quantitative estimate of drug-likeness (QED) is 0.810. The van der Waals surface area contributed by atoms with Crippen LogP contribution in [0.4, 0.5) is 5.69 Å². The summed E-state index contributed by atoms with van der Waals surface area (Å²) in [5, 5.41) is 11.6. The predicted molar refractivity (Wildman–Crippen MR) is 82.5 cm³/mol. The summed E-state index contributed by atoms with van der Waals surface area (Å²) in [4.78, 5) is 12.0. The number of hydrogen-bond acceptors (Lipinski definition) is 2. The Hall–Kier alpha value is -1.79. The fraction of sp³-hybridized carbons (Fsp3) is 0.471. The third-order valence-electron chi connectivity index (χ3n) is 3.12. The Morgan fingerprint density at radius 3 is 2.80 bits per heavy atom. The minimum absolute atomic E-state index is 0.0309. The topological polar surface area (TPSA) is 49.3 Å². The zero-order valence-corrected chi connectivity index (χ0v) is 12.5. The smallest absolute Gasteiger partial charge is 0.227 e. The van der Waals surface area contributed by atoms with Crippen LogP contribution in [0.3, 0.4) is 0 Å². The lowest BCUT2D eigenvalue weighted by Gasteiger charge is -2.13. The normalized spacial score (nSPS) is 11.4. The summed E-state index contributed by atoms with van der Waals surface area (Å²) in [6.07, 6.45) is 2.38. The molecule has 0 bridgehead atoms. The van der Waals surface area contributed by atoms with Crippen molar-refractivity contribution in [3.8, 4) is 11.8 Å². The molecule has 1 aromatic carbocycles. The molecule has 0 spiro atoms. The van der Waals surface area contributed by atoms with E-state index in [0.717, 1.165) is 29.7 Å². The van der Waals surface area contributed by atoms with Gasteiger partial charge in [0.15, 0.2) is 0 Å². The molecule has 1 amide bonds. The predicted octanol–water partition coefficient (Wildman–Crippen LogP) is 3.10. The molecule has 1 atom stereocenters. The van der Waals surface area contributed by atoms with Crippen LogP contribution in [0.2, 0.25) is 0 Å². The van der Waals surface area contributed by atoms with Crippen LogP contribution in [0, 0.1) is 24.7 Å². The number of carbonyl (C=O) groups is 1. The number of anilines is 1. The third-order valence-corrected chi connectivity index (χ3v) is 3.12. The second kappa shape index (κ2) is 8.39. The van der Waals surface area contributed by atoms with Crippen molar-refractivity contribution in [3.05, 3.63) is 29.3 Å². The van der Waals surface area contributed by atoms with Gasteiger partial charge in [-0.25, -0.2) is 0 Å². The van der Waals surface area contributed by atoms with Crippen LogP contribution in [-0.2, 0) is 4.79 Å². The van der Waals surface area contributed by atoms with E-state index in [2.05, 4.69) is 24.1 Å². The van der Waals surface area contributed by atoms with Crippen molar-refractivity contribution in [2.24, 2.45) is 5.92 Å². The highest BCUT2D eigenvalue weighted by atomic mass is 16.2. The second-order valence-electron chi connectivity index (χ2n) is 4.98. The molecule has 0 aromatic heterocycles. The molecule has 2 N–H and O–H groups in total. The Kier molecular flexibility index (Phi) is 6.83. The molecule has 0 aliphatic rings. The van der Waals surface area contributed by atoms with Crippen LogP contribution < -0.4 is 5.32 Å². The number of rotatable bonds is 5. The van der Waals surface area contributed by atoms with Gasteiger partial charge in [-0.3, -0.25) is 4.79 Å². The van der Waals surface area contributed by atoms with E-state index in [9.17, 15) is 4.79 Å². The summed E-state index contributed by atoms with van der Waals surface area (Å²) < 4.78 is 0. The highest BCUT2D eigenvalue weighted by molar-refractivity contribution is 5.93. The molecule has 3 heteroatoms. The average molecular weight is 273 g/mol. The fourth-order valence-corrected chi connectivity index (χ4v) is 1.92. The summed E-state index contributed by atoms with van der Waals surface area (Å²) in [6, 6.07) is 5.72. The number of aliphatic hydroxyl groups is 1. The Balaban J connectivity index is 2.74. The Bertz CT molecular complexity index is 511. The number of nitrogens with one attached hydrogen (secondary N) is 1. The van der Waals surface area contributed by atoms with Crippen LogP contribution in [-0.4, -0.2) is 17.6 Å². The van der Waals surface area contributed by atoms with Gasteiger partial charge in [0.2, 0.25) is 5.91 Å². The van der Waals surface area contributed by atoms with Crippen molar-refractivity contribution in [1.82, 2.24) is 0 Å². The standard InChI is InChI=1S/C17H23NO2/c1-4-7-13(2)17(20)18-16-10-9-15(12-14(16)3)8-5-6-11-19/h9-10,12-13,19H,4,6-7,11H2,1-3H3,(H,18,20). The number of benzene rings is 1.